The molecule has 2 fully saturated rings. The van der Waals surface area contributed by atoms with Gasteiger partial charge in [0.2, 0.25) is 17.7 Å². The second-order valence-corrected chi connectivity index (χ2v) is 13.6. The van der Waals surface area contributed by atoms with E-state index in [0.717, 1.165) is 73.1 Å². The number of halogens is 2. The molecule has 252 valence electrons. The Morgan fingerprint density at radius 1 is 0.917 bits per heavy atom. The lowest BCUT2D eigenvalue weighted by Crippen LogP contribution is -2.42. The van der Waals surface area contributed by atoms with Crippen molar-refractivity contribution in [2.75, 3.05) is 27.3 Å². The third-order valence-corrected chi connectivity index (χ3v) is 10.2. The van der Waals surface area contributed by atoms with Crippen molar-refractivity contribution in [1.29, 1.82) is 0 Å². The van der Waals surface area contributed by atoms with Crippen LogP contribution in [-0.2, 0) is 17.8 Å². The minimum atomic E-state index is -0.602. The molecule has 0 aliphatic carbocycles. The second kappa shape index (κ2) is 14.8. The van der Waals surface area contributed by atoms with Gasteiger partial charge in [-0.1, -0.05) is 65.7 Å². The maximum atomic E-state index is 11.5. The van der Waals surface area contributed by atoms with Crippen LogP contribution in [0.1, 0.15) is 56.7 Å². The Morgan fingerprint density at radius 2 is 1.54 bits per heavy atom. The fraction of sp³-hybridized carbons (Fsp3) is 0.405. The molecule has 0 radical (unpaired) electrons. The Bertz CT molecular complexity index is 1790. The van der Waals surface area contributed by atoms with E-state index in [1.54, 1.807) is 20.4 Å². The molecule has 48 heavy (non-hydrogen) atoms. The minimum absolute atomic E-state index is 0.126. The van der Waals surface area contributed by atoms with E-state index in [9.17, 15) is 9.90 Å². The van der Waals surface area contributed by atoms with Crippen LogP contribution in [0.3, 0.4) is 0 Å². The molecular formula is C37H41Cl2N5O4. The van der Waals surface area contributed by atoms with Crippen LogP contribution in [0, 0.1) is 0 Å². The molecule has 0 spiro atoms. The molecule has 11 heteroatoms. The predicted octanol–water partition coefficient (Wildman–Crippen LogP) is 7.14. The van der Waals surface area contributed by atoms with Gasteiger partial charge in [-0.25, -0.2) is 9.97 Å². The van der Waals surface area contributed by atoms with E-state index in [0.29, 0.717) is 58.1 Å². The van der Waals surface area contributed by atoms with Crippen LogP contribution in [0.15, 0.2) is 54.7 Å². The van der Waals surface area contributed by atoms with Gasteiger partial charge in [0.15, 0.2) is 0 Å². The van der Waals surface area contributed by atoms with E-state index in [4.69, 9.17) is 47.6 Å². The molecular weight excluding hydrogens is 649 g/mol. The summed E-state index contributed by atoms with van der Waals surface area (Å²) in [6, 6.07) is 15.8. The fourth-order valence-corrected chi connectivity index (χ4v) is 7.15. The molecule has 4 aromatic rings. The van der Waals surface area contributed by atoms with Gasteiger partial charge in [-0.3, -0.25) is 14.7 Å². The molecule has 9 nitrogen and oxygen atoms in total. The van der Waals surface area contributed by atoms with Crippen molar-refractivity contribution in [3.05, 3.63) is 76.0 Å². The van der Waals surface area contributed by atoms with Gasteiger partial charge in [0.1, 0.15) is 5.69 Å². The first-order valence-electron chi connectivity index (χ1n) is 16.4. The average molecular weight is 691 g/mol. The van der Waals surface area contributed by atoms with Crippen molar-refractivity contribution in [2.45, 2.75) is 70.1 Å². The van der Waals surface area contributed by atoms with Crippen molar-refractivity contribution >= 4 is 29.1 Å². The summed E-state index contributed by atoms with van der Waals surface area (Å²) in [5.41, 5.74) is 5.44. The summed E-state index contributed by atoms with van der Waals surface area (Å²) < 4.78 is 11.3. The number of amides is 1. The van der Waals surface area contributed by atoms with Gasteiger partial charge in [0.25, 0.3) is 0 Å². The average Bonchev–Trinajstić information content (AvgIpc) is 3.51. The second-order valence-electron chi connectivity index (χ2n) is 12.9. The third kappa shape index (κ3) is 7.60. The number of piperidine rings is 1. The Morgan fingerprint density at radius 3 is 2.17 bits per heavy atom. The van der Waals surface area contributed by atoms with Gasteiger partial charge in [-0.2, -0.15) is 0 Å². The van der Waals surface area contributed by atoms with E-state index in [-0.39, 0.29) is 11.9 Å². The summed E-state index contributed by atoms with van der Waals surface area (Å²) >= 11 is 14.2. The zero-order valence-electron chi connectivity index (χ0n) is 27.6. The highest BCUT2D eigenvalue weighted by atomic mass is 35.5. The molecule has 0 unspecified atom stereocenters. The van der Waals surface area contributed by atoms with Crippen LogP contribution in [0.4, 0.5) is 0 Å². The van der Waals surface area contributed by atoms with Crippen LogP contribution in [-0.4, -0.2) is 69.8 Å². The van der Waals surface area contributed by atoms with Gasteiger partial charge in [0.05, 0.1) is 47.5 Å². The quantitative estimate of drug-likeness (QED) is 0.171. The SMILES string of the molecule is COc1nc(-c2cccc(-c3cccc(-c4cnc(CCC[C@@H]5CCC(=O)N5)c(OC)n4)c3Cl)c2Cl)ccc1CN1CCC(C)(O)CC1. The summed E-state index contributed by atoms with van der Waals surface area (Å²) in [4.78, 5) is 28.1. The zero-order valence-corrected chi connectivity index (χ0v) is 29.1. The summed E-state index contributed by atoms with van der Waals surface area (Å²) in [5, 5.41) is 14.4. The molecule has 0 bridgehead atoms. The number of aromatic nitrogens is 3. The van der Waals surface area contributed by atoms with E-state index in [2.05, 4.69) is 10.2 Å². The van der Waals surface area contributed by atoms with E-state index < -0.39 is 5.60 Å². The maximum absolute atomic E-state index is 11.5. The normalized spacial score (nSPS) is 17.7. The number of aryl methyl sites for hydroxylation is 1. The third-order valence-electron chi connectivity index (χ3n) is 9.36. The van der Waals surface area contributed by atoms with Crippen molar-refractivity contribution in [3.8, 4) is 45.4 Å². The highest BCUT2D eigenvalue weighted by Gasteiger charge is 2.28. The summed E-state index contributed by atoms with van der Waals surface area (Å²) in [7, 11) is 3.22. The summed E-state index contributed by atoms with van der Waals surface area (Å²) in [5.74, 6) is 1.13. The van der Waals surface area contributed by atoms with Crippen LogP contribution in [0.5, 0.6) is 11.8 Å². The number of carbonyl (C=O) groups is 1. The first kappa shape index (κ1) is 34.1. The number of carbonyl (C=O) groups excluding carboxylic acids is 1. The topological polar surface area (TPSA) is 110 Å². The number of pyridine rings is 1. The standard InChI is InChI=1S/C37H41Cl2N5O4/c1-37(46)17-19-44(20-18-37)22-23-13-15-29(42-35(23)47-2)27-10-5-8-25(33(27)38)26-9-6-11-28(34(26)39)31-21-40-30(36(43-31)48-3)12-4-7-24-14-16-32(45)41-24/h5-6,8-11,13,15,21,24,46H,4,7,12,14,16-20,22H2,1-3H3,(H,41,45)/t24-/m1/s1. The molecule has 0 saturated carbocycles. The first-order chi connectivity index (χ1) is 23.2. The Hall–Kier alpha value is -3.76. The molecule has 2 aliphatic heterocycles. The van der Waals surface area contributed by atoms with E-state index >= 15 is 0 Å². The van der Waals surface area contributed by atoms with Crippen molar-refractivity contribution in [1.82, 2.24) is 25.2 Å². The lowest BCUT2D eigenvalue weighted by Gasteiger charge is -2.35. The van der Waals surface area contributed by atoms with Gasteiger partial charge in [-0.15, -0.1) is 0 Å². The molecule has 6 rings (SSSR count). The number of nitrogens with one attached hydrogen (secondary N) is 1. The number of methoxy groups -OCH3 is 2. The van der Waals surface area contributed by atoms with Crippen LogP contribution >= 0.6 is 23.2 Å². The smallest absolute Gasteiger partial charge is 0.235 e. The van der Waals surface area contributed by atoms with Crippen LogP contribution in [0.25, 0.3) is 33.6 Å². The molecule has 2 aromatic carbocycles. The van der Waals surface area contributed by atoms with E-state index in [1.807, 2.05) is 55.5 Å². The van der Waals surface area contributed by atoms with Crippen LogP contribution < -0.4 is 14.8 Å². The van der Waals surface area contributed by atoms with Crippen molar-refractivity contribution < 1.29 is 19.4 Å². The van der Waals surface area contributed by atoms with Crippen molar-refractivity contribution in [2.24, 2.45) is 0 Å². The monoisotopic (exact) mass is 689 g/mol. The molecule has 4 heterocycles. The molecule has 2 aromatic heterocycles. The van der Waals surface area contributed by atoms with Gasteiger partial charge in [-0.05, 0) is 51.5 Å². The number of hydrogen-bond donors (Lipinski definition) is 2. The lowest BCUT2D eigenvalue weighted by molar-refractivity contribution is -0.119. The van der Waals surface area contributed by atoms with Gasteiger partial charge < -0.3 is 19.9 Å². The lowest BCUT2D eigenvalue weighted by atomic mass is 9.93. The minimum Gasteiger partial charge on any atom is -0.481 e. The number of hydrogen-bond acceptors (Lipinski definition) is 8. The predicted molar refractivity (Wildman–Crippen MR) is 188 cm³/mol. The zero-order chi connectivity index (χ0) is 33.8. The van der Waals surface area contributed by atoms with Gasteiger partial charge in [0, 0.05) is 59.9 Å². The van der Waals surface area contributed by atoms with E-state index in [1.165, 1.54) is 0 Å². The van der Waals surface area contributed by atoms with Crippen molar-refractivity contribution in [3.63, 3.8) is 0 Å². The Labute approximate surface area is 291 Å². The number of aliphatic hydroxyl groups is 1. The number of nitrogens with zero attached hydrogens (tertiary/aromatic N) is 4. The molecule has 2 N–H and O–H groups in total. The van der Waals surface area contributed by atoms with Gasteiger partial charge >= 0.3 is 0 Å². The maximum Gasteiger partial charge on any atom is 0.235 e. The molecule has 2 aliphatic rings. The number of likely N-dealkylation sites (tertiary alicyclic amines) is 1. The molecule has 1 amide bonds. The Kier molecular flexibility index (Phi) is 10.5. The summed E-state index contributed by atoms with van der Waals surface area (Å²) in [6.07, 6.45) is 7.13. The number of benzene rings is 2. The summed E-state index contributed by atoms with van der Waals surface area (Å²) in [6.45, 7) is 4.22. The molecule has 1 atom stereocenters. The number of rotatable bonds is 11. The first-order valence-corrected chi connectivity index (χ1v) is 17.2. The highest BCUT2D eigenvalue weighted by molar-refractivity contribution is 6.39. The largest absolute Gasteiger partial charge is 0.481 e. The number of ether oxygens (including phenoxy) is 2. The fourth-order valence-electron chi connectivity index (χ4n) is 6.50. The molecule has 2 saturated heterocycles. The Balaban J connectivity index is 1.23. The highest BCUT2D eigenvalue weighted by Crippen LogP contribution is 2.42. The van der Waals surface area contributed by atoms with Crippen LogP contribution in [0.2, 0.25) is 10.0 Å².